The number of rotatable bonds is 73. The monoisotopic (exact) mass is 1400 g/mol. The molecule has 95 heavy (non-hydrogen) atoms. The van der Waals surface area contributed by atoms with Crippen molar-refractivity contribution in [3.05, 3.63) is 0 Å². The average Bonchev–Trinajstić information content (AvgIpc) is 2.21. The van der Waals surface area contributed by atoms with Gasteiger partial charge >= 0.3 is 39.5 Å². The van der Waals surface area contributed by atoms with Gasteiger partial charge in [-0.1, -0.05) is 331 Å². The van der Waals surface area contributed by atoms with Gasteiger partial charge in [0.05, 0.1) is 26.4 Å². The number of aliphatic hydroxyl groups is 1. The number of ether oxygens (including phenoxy) is 4. The zero-order chi connectivity index (χ0) is 70.3. The van der Waals surface area contributed by atoms with Crippen molar-refractivity contribution >= 4 is 39.5 Å². The van der Waals surface area contributed by atoms with E-state index in [1.165, 1.54) is 180 Å². The maximum Gasteiger partial charge on any atom is 0.472 e. The van der Waals surface area contributed by atoms with Gasteiger partial charge < -0.3 is 33.8 Å². The van der Waals surface area contributed by atoms with Crippen molar-refractivity contribution < 1.29 is 80.2 Å². The summed E-state index contributed by atoms with van der Waals surface area (Å²) in [6.07, 6.45) is 50.0. The highest BCUT2D eigenvalue weighted by Gasteiger charge is 2.30. The second-order valence-electron chi connectivity index (χ2n) is 29.3. The number of hydrogen-bond donors (Lipinski definition) is 3. The molecule has 2 unspecified atom stereocenters. The first-order chi connectivity index (χ1) is 45.6. The smallest absolute Gasteiger partial charge is 0.462 e. The fraction of sp³-hybridized carbons (Fsp3) is 0.947. The highest BCUT2D eigenvalue weighted by Crippen LogP contribution is 2.45. The molecule has 0 aromatic heterocycles. The standard InChI is InChI=1S/C76H148O17P2/c1-66(2)52-44-36-28-22-16-10-9-11-20-26-32-42-50-58-75(80)92-71(62-86-73(78)56-48-40-31-25-19-14-12-17-23-29-37-45-53-67(3)4)64-90-94(82,83)88-60-70(77)61-89-95(84,85)91-65-72(63-87-74(79)57-49-41-35-34-39-47-55-69(7)8)93-76(81)59-51-43-33-27-21-15-13-18-24-30-38-46-54-68(5)6/h66-72,77H,9-65H2,1-8H3,(H,82,83)(H,84,85)/t70-,71-,72-/m1/s1. The van der Waals surface area contributed by atoms with E-state index < -0.39 is 97.5 Å². The maximum absolute atomic E-state index is 13.1. The molecule has 0 rings (SSSR count). The summed E-state index contributed by atoms with van der Waals surface area (Å²) in [5, 5.41) is 10.6. The molecule has 564 valence electrons. The summed E-state index contributed by atoms with van der Waals surface area (Å²) in [7, 11) is -9.91. The molecule has 5 atom stereocenters. The number of carbonyl (C=O) groups excluding carboxylic acids is 4. The largest absolute Gasteiger partial charge is 0.472 e. The number of hydrogen-bond acceptors (Lipinski definition) is 15. The van der Waals surface area contributed by atoms with Gasteiger partial charge in [0.25, 0.3) is 0 Å². The number of unbranched alkanes of at least 4 members (excludes halogenated alkanes) is 39. The van der Waals surface area contributed by atoms with Crippen molar-refractivity contribution in [3.63, 3.8) is 0 Å². The number of phosphoric ester groups is 2. The van der Waals surface area contributed by atoms with Crippen molar-refractivity contribution in [2.24, 2.45) is 23.7 Å². The molecule has 0 aliphatic heterocycles. The van der Waals surface area contributed by atoms with E-state index in [-0.39, 0.29) is 25.7 Å². The molecule has 3 N–H and O–H groups in total. The van der Waals surface area contributed by atoms with Crippen molar-refractivity contribution in [2.75, 3.05) is 39.6 Å². The second kappa shape index (κ2) is 65.4. The lowest BCUT2D eigenvalue weighted by Gasteiger charge is -2.21. The molecular formula is C76H148O17P2. The summed E-state index contributed by atoms with van der Waals surface area (Å²) in [6, 6.07) is 0. The summed E-state index contributed by atoms with van der Waals surface area (Å²) in [5.41, 5.74) is 0. The third-order valence-electron chi connectivity index (χ3n) is 17.6. The summed E-state index contributed by atoms with van der Waals surface area (Å²) in [6.45, 7) is 14.2. The highest BCUT2D eigenvalue weighted by molar-refractivity contribution is 7.47. The topological polar surface area (TPSA) is 237 Å². The van der Waals surface area contributed by atoms with Gasteiger partial charge in [-0.05, 0) is 49.4 Å². The van der Waals surface area contributed by atoms with Crippen LogP contribution in [-0.2, 0) is 65.4 Å². The first kappa shape index (κ1) is 93.1. The van der Waals surface area contributed by atoms with Crippen LogP contribution in [0.25, 0.3) is 0 Å². The van der Waals surface area contributed by atoms with Crippen molar-refractivity contribution in [3.8, 4) is 0 Å². The van der Waals surface area contributed by atoms with Crippen LogP contribution >= 0.6 is 15.6 Å². The van der Waals surface area contributed by atoms with Crippen molar-refractivity contribution in [1.29, 1.82) is 0 Å². The molecule has 0 amide bonds. The van der Waals surface area contributed by atoms with Crippen LogP contribution in [0, 0.1) is 23.7 Å². The third kappa shape index (κ3) is 70.3. The Hall–Kier alpha value is -1.94. The zero-order valence-electron chi connectivity index (χ0n) is 62.3. The Kier molecular flexibility index (Phi) is 64.0. The molecule has 0 aromatic rings. The molecule has 0 aliphatic carbocycles. The Bertz CT molecular complexity index is 1870. The third-order valence-corrected chi connectivity index (χ3v) is 19.5. The van der Waals surface area contributed by atoms with E-state index in [4.69, 9.17) is 37.0 Å². The number of carbonyl (C=O) groups is 4. The lowest BCUT2D eigenvalue weighted by Crippen LogP contribution is -2.30. The number of phosphoric acid groups is 2. The minimum atomic E-state index is -4.96. The van der Waals surface area contributed by atoms with E-state index >= 15 is 0 Å². The van der Waals surface area contributed by atoms with E-state index in [0.717, 1.165) is 114 Å². The molecule has 19 heteroatoms. The van der Waals surface area contributed by atoms with Gasteiger partial charge in [0.15, 0.2) is 12.2 Å². The minimum Gasteiger partial charge on any atom is -0.462 e. The van der Waals surface area contributed by atoms with Crippen LogP contribution in [0.15, 0.2) is 0 Å². The van der Waals surface area contributed by atoms with Crippen LogP contribution in [0.3, 0.4) is 0 Å². The Morgan fingerprint density at radius 1 is 0.263 bits per heavy atom. The quantitative estimate of drug-likeness (QED) is 0.0222. The van der Waals surface area contributed by atoms with Gasteiger partial charge in [0, 0.05) is 25.7 Å². The number of aliphatic hydroxyl groups excluding tert-OH is 1. The summed E-state index contributed by atoms with van der Waals surface area (Å²) in [5.74, 6) is 0.903. The van der Waals surface area contributed by atoms with Crippen molar-refractivity contribution in [1.82, 2.24) is 0 Å². The SMILES string of the molecule is CC(C)CCCCCCCCCCCCCCCC(=O)O[C@H](COC(=O)CCCCCCCCCCCCCCC(C)C)COP(=O)(O)OC[C@@H](O)COP(=O)(O)OC[C@@H](COC(=O)CCCCCCCCC(C)C)OC(=O)CCCCCCCCCCCCCCC(C)C. The van der Waals surface area contributed by atoms with E-state index in [1.807, 2.05) is 0 Å². The molecule has 0 aromatic carbocycles. The maximum atomic E-state index is 13.1. The van der Waals surface area contributed by atoms with E-state index in [9.17, 15) is 43.2 Å². The molecule has 0 bridgehead atoms. The lowest BCUT2D eigenvalue weighted by molar-refractivity contribution is -0.161. The summed E-state index contributed by atoms with van der Waals surface area (Å²) in [4.78, 5) is 72.8. The lowest BCUT2D eigenvalue weighted by atomic mass is 10.0. The van der Waals surface area contributed by atoms with Crippen LogP contribution < -0.4 is 0 Å². The van der Waals surface area contributed by atoms with Crippen LogP contribution in [0.4, 0.5) is 0 Å². The van der Waals surface area contributed by atoms with E-state index in [2.05, 4.69) is 55.4 Å². The Labute approximate surface area is 581 Å². The highest BCUT2D eigenvalue weighted by atomic mass is 31.2. The summed E-state index contributed by atoms with van der Waals surface area (Å²) >= 11 is 0. The normalized spacial score (nSPS) is 14.1. The Morgan fingerprint density at radius 3 is 0.653 bits per heavy atom. The van der Waals surface area contributed by atoms with Crippen molar-refractivity contribution in [2.45, 2.75) is 401 Å². The zero-order valence-corrected chi connectivity index (χ0v) is 64.1. The van der Waals surface area contributed by atoms with Crippen LogP contribution in [-0.4, -0.2) is 96.7 Å². The first-order valence-electron chi connectivity index (χ1n) is 39.2. The summed E-state index contributed by atoms with van der Waals surface area (Å²) < 4.78 is 68.5. The van der Waals surface area contributed by atoms with Gasteiger partial charge in [0.2, 0.25) is 0 Å². The molecule has 0 spiro atoms. The van der Waals surface area contributed by atoms with Gasteiger partial charge in [-0.3, -0.25) is 37.3 Å². The van der Waals surface area contributed by atoms with Crippen LogP contribution in [0.5, 0.6) is 0 Å². The predicted octanol–water partition coefficient (Wildman–Crippen LogP) is 22.0. The fourth-order valence-electron chi connectivity index (χ4n) is 11.6. The van der Waals surface area contributed by atoms with Gasteiger partial charge in [-0.15, -0.1) is 0 Å². The van der Waals surface area contributed by atoms with Gasteiger partial charge in [-0.2, -0.15) is 0 Å². The van der Waals surface area contributed by atoms with Gasteiger partial charge in [-0.25, -0.2) is 9.13 Å². The van der Waals surface area contributed by atoms with Crippen LogP contribution in [0.2, 0.25) is 0 Å². The van der Waals surface area contributed by atoms with Gasteiger partial charge in [0.1, 0.15) is 19.3 Å². The molecular weight excluding hydrogens is 1250 g/mol. The minimum absolute atomic E-state index is 0.105. The van der Waals surface area contributed by atoms with Crippen LogP contribution in [0.1, 0.15) is 383 Å². The Balaban J connectivity index is 5.25. The average molecular weight is 1400 g/mol. The Morgan fingerprint density at radius 2 is 0.442 bits per heavy atom. The molecule has 0 radical (unpaired) electrons. The van der Waals surface area contributed by atoms with E-state index in [1.54, 1.807) is 0 Å². The molecule has 0 heterocycles. The molecule has 0 saturated heterocycles. The first-order valence-corrected chi connectivity index (χ1v) is 42.2. The molecule has 0 fully saturated rings. The predicted molar refractivity (Wildman–Crippen MR) is 386 cm³/mol. The van der Waals surface area contributed by atoms with E-state index in [0.29, 0.717) is 31.6 Å². The molecule has 17 nitrogen and oxygen atoms in total. The number of esters is 4. The molecule has 0 saturated carbocycles. The molecule has 0 aliphatic rings. The second-order valence-corrected chi connectivity index (χ2v) is 32.2. The fourth-order valence-corrected chi connectivity index (χ4v) is 13.1.